The second-order valence-corrected chi connectivity index (χ2v) is 6.02. The molecule has 0 unspecified atom stereocenters. The van der Waals surface area contributed by atoms with Crippen LogP contribution in [0.25, 0.3) is 21.8 Å². The number of nitrogens with one attached hydrogen (secondary N) is 1. The van der Waals surface area contributed by atoms with Gasteiger partial charge in [-0.1, -0.05) is 42.5 Å². The summed E-state index contributed by atoms with van der Waals surface area (Å²) in [5.74, 6) is -1.69. The predicted molar refractivity (Wildman–Crippen MR) is 98.2 cm³/mol. The lowest BCUT2D eigenvalue weighted by molar-refractivity contribution is -0.152. The number of ether oxygens (including phenoxy) is 1. The maximum Gasteiger partial charge on any atom is 0.397 e. The monoisotopic (exact) mass is 352 g/mol. The smallest absolute Gasteiger partial charge is 0.397 e. The van der Waals surface area contributed by atoms with E-state index in [0.29, 0.717) is 5.69 Å². The van der Waals surface area contributed by atoms with E-state index in [1.807, 2.05) is 41.8 Å². The number of esters is 1. The average Bonchev–Trinajstić information content (AvgIpc) is 3.13. The second kappa shape index (κ2) is 7.72. The largest absolute Gasteiger partial charge is 0.459 e. The predicted octanol–water partition coefficient (Wildman–Crippen LogP) is 3.98. The van der Waals surface area contributed by atoms with Crippen molar-refractivity contribution in [2.45, 2.75) is 6.92 Å². The molecule has 1 heterocycles. The summed E-state index contributed by atoms with van der Waals surface area (Å²) in [7, 11) is 0. The Balaban J connectivity index is 1.79. The van der Waals surface area contributed by atoms with Gasteiger partial charge in [-0.3, -0.25) is 4.79 Å². The molecule has 0 aliphatic rings. The minimum atomic E-state index is -0.895. The van der Waals surface area contributed by atoms with E-state index in [4.69, 9.17) is 0 Å². The van der Waals surface area contributed by atoms with E-state index < -0.39 is 11.9 Å². The van der Waals surface area contributed by atoms with E-state index in [0.717, 1.165) is 21.8 Å². The molecule has 0 saturated carbocycles. The van der Waals surface area contributed by atoms with E-state index >= 15 is 0 Å². The van der Waals surface area contributed by atoms with Crippen LogP contribution in [0.5, 0.6) is 0 Å². The minimum Gasteiger partial charge on any atom is -0.459 e. The SMILES string of the molecule is CCOC(=O)C(=O)Nc1cccc(-c2csc(-c3ccccc3)n2)c1. The zero-order valence-electron chi connectivity index (χ0n) is 13.6. The molecule has 0 spiro atoms. The van der Waals surface area contributed by atoms with Crippen molar-refractivity contribution < 1.29 is 14.3 Å². The van der Waals surface area contributed by atoms with Crippen LogP contribution in [-0.4, -0.2) is 23.5 Å². The van der Waals surface area contributed by atoms with Crippen molar-refractivity contribution in [1.82, 2.24) is 4.98 Å². The molecule has 3 aromatic rings. The molecule has 0 saturated heterocycles. The quantitative estimate of drug-likeness (QED) is 0.570. The Morgan fingerprint density at radius 3 is 2.60 bits per heavy atom. The fourth-order valence-corrected chi connectivity index (χ4v) is 3.09. The van der Waals surface area contributed by atoms with E-state index in [1.54, 1.807) is 36.5 Å². The Kier molecular flexibility index (Phi) is 5.20. The Labute approximate surface area is 149 Å². The molecular weight excluding hydrogens is 336 g/mol. The maximum absolute atomic E-state index is 11.7. The summed E-state index contributed by atoms with van der Waals surface area (Å²) in [5.41, 5.74) is 3.26. The molecule has 5 nitrogen and oxygen atoms in total. The van der Waals surface area contributed by atoms with Crippen LogP contribution in [0, 0.1) is 0 Å². The first-order valence-corrected chi connectivity index (χ1v) is 8.65. The molecule has 0 bridgehead atoms. The Hall–Kier alpha value is -2.99. The van der Waals surface area contributed by atoms with E-state index in [2.05, 4.69) is 15.0 Å². The van der Waals surface area contributed by atoms with Crippen LogP contribution >= 0.6 is 11.3 Å². The second-order valence-electron chi connectivity index (χ2n) is 5.16. The molecule has 1 N–H and O–H groups in total. The van der Waals surface area contributed by atoms with Gasteiger partial charge in [0.15, 0.2) is 0 Å². The van der Waals surface area contributed by atoms with Crippen LogP contribution in [0.3, 0.4) is 0 Å². The first-order valence-electron chi connectivity index (χ1n) is 7.77. The van der Waals surface area contributed by atoms with Crippen LogP contribution < -0.4 is 5.32 Å². The zero-order chi connectivity index (χ0) is 17.6. The van der Waals surface area contributed by atoms with Crippen molar-refractivity contribution in [2.24, 2.45) is 0 Å². The highest BCUT2D eigenvalue weighted by atomic mass is 32.1. The molecule has 3 rings (SSSR count). The topological polar surface area (TPSA) is 68.3 Å². The fourth-order valence-electron chi connectivity index (χ4n) is 2.25. The molecular formula is C19H16N2O3S. The molecule has 0 fully saturated rings. The number of amides is 1. The molecule has 6 heteroatoms. The third-order valence-corrected chi connectivity index (χ3v) is 4.29. The maximum atomic E-state index is 11.7. The lowest BCUT2D eigenvalue weighted by Gasteiger charge is -2.06. The van der Waals surface area contributed by atoms with Crippen molar-refractivity contribution in [3.63, 3.8) is 0 Å². The molecule has 0 radical (unpaired) electrons. The third kappa shape index (κ3) is 4.10. The van der Waals surface area contributed by atoms with Crippen LogP contribution in [0.15, 0.2) is 60.0 Å². The van der Waals surface area contributed by atoms with Crippen LogP contribution in [0.4, 0.5) is 5.69 Å². The molecule has 0 aliphatic carbocycles. The number of hydrogen-bond donors (Lipinski definition) is 1. The van der Waals surface area contributed by atoms with Gasteiger partial charge >= 0.3 is 11.9 Å². The summed E-state index contributed by atoms with van der Waals surface area (Å²) in [6, 6.07) is 17.1. The number of nitrogens with zero attached hydrogens (tertiary/aromatic N) is 1. The molecule has 2 aromatic carbocycles. The number of aromatic nitrogens is 1. The number of thiazole rings is 1. The lowest BCUT2D eigenvalue weighted by atomic mass is 10.1. The first-order chi connectivity index (χ1) is 12.2. The van der Waals surface area contributed by atoms with E-state index in [-0.39, 0.29) is 6.61 Å². The summed E-state index contributed by atoms with van der Waals surface area (Å²) in [4.78, 5) is 27.8. The van der Waals surface area contributed by atoms with Crippen molar-refractivity contribution in [3.8, 4) is 21.8 Å². The van der Waals surface area contributed by atoms with E-state index in [9.17, 15) is 9.59 Å². The van der Waals surface area contributed by atoms with Gasteiger partial charge in [-0.25, -0.2) is 9.78 Å². The highest BCUT2D eigenvalue weighted by Crippen LogP contribution is 2.29. The van der Waals surface area contributed by atoms with Crippen molar-refractivity contribution in [3.05, 3.63) is 60.0 Å². The van der Waals surface area contributed by atoms with Crippen molar-refractivity contribution in [2.75, 3.05) is 11.9 Å². The van der Waals surface area contributed by atoms with Gasteiger partial charge < -0.3 is 10.1 Å². The van der Waals surface area contributed by atoms with Gasteiger partial charge in [-0.2, -0.15) is 0 Å². The summed E-state index contributed by atoms with van der Waals surface area (Å²) >= 11 is 1.56. The highest BCUT2D eigenvalue weighted by Gasteiger charge is 2.15. The third-order valence-electron chi connectivity index (χ3n) is 3.40. The van der Waals surface area contributed by atoms with Crippen molar-refractivity contribution in [1.29, 1.82) is 0 Å². The van der Waals surface area contributed by atoms with Crippen LogP contribution in [0.2, 0.25) is 0 Å². The summed E-state index contributed by atoms with van der Waals surface area (Å²) in [6.07, 6.45) is 0. The summed E-state index contributed by atoms with van der Waals surface area (Å²) in [6.45, 7) is 1.81. The van der Waals surface area contributed by atoms with Gasteiger partial charge in [0.25, 0.3) is 0 Å². The molecule has 25 heavy (non-hydrogen) atoms. The number of benzene rings is 2. The van der Waals surface area contributed by atoms with Gasteiger partial charge in [0.05, 0.1) is 12.3 Å². The van der Waals surface area contributed by atoms with E-state index in [1.165, 1.54) is 0 Å². The van der Waals surface area contributed by atoms with Gasteiger partial charge in [-0.05, 0) is 19.1 Å². The normalized spacial score (nSPS) is 10.3. The standard InChI is InChI=1S/C19H16N2O3S/c1-2-24-19(23)17(22)20-15-10-6-9-14(11-15)16-12-25-18(21-16)13-7-4-3-5-8-13/h3-12H,2H2,1H3,(H,20,22). The molecule has 0 atom stereocenters. The van der Waals surface area contributed by atoms with Crippen LogP contribution in [0.1, 0.15) is 6.92 Å². The minimum absolute atomic E-state index is 0.160. The number of rotatable bonds is 4. The number of carbonyl (C=O) groups excluding carboxylic acids is 2. The zero-order valence-corrected chi connectivity index (χ0v) is 14.4. The lowest BCUT2D eigenvalue weighted by Crippen LogP contribution is -2.24. The summed E-state index contributed by atoms with van der Waals surface area (Å²) < 4.78 is 4.68. The fraction of sp³-hybridized carbons (Fsp3) is 0.105. The van der Waals surface area contributed by atoms with Gasteiger partial charge in [0, 0.05) is 22.2 Å². The van der Waals surface area contributed by atoms with Gasteiger partial charge in [-0.15, -0.1) is 11.3 Å². The highest BCUT2D eigenvalue weighted by molar-refractivity contribution is 7.13. The number of carbonyl (C=O) groups is 2. The van der Waals surface area contributed by atoms with Crippen molar-refractivity contribution >= 4 is 28.9 Å². The Morgan fingerprint density at radius 2 is 1.84 bits per heavy atom. The van der Waals surface area contributed by atoms with Crippen LogP contribution in [-0.2, 0) is 14.3 Å². The average molecular weight is 352 g/mol. The van der Waals surface area contributed by atoms with Gasteiger partial charge in [0.1, 0.15) is 5.01 Å². The molecule has 1 amide bonds. The first kappa shape index (κ1) is 16.9. The molecule has 126 valence electrons. The summed E-state index contributed by atoms with van der Waals surface area (Å²) in [5, 5.41) is 5.43. The Morgan fingerprint density at radius 1 is 1.08 bits per heavy atom. The Bertz CT molecular complexity index is 890. The number of anilines is 1. The number of hydrogen-bond acceptors (Lipinski definition) is 5. The molecule has 1 aromatic heterocycles. The van der Waals surface area contributed by atoms with Gasteiger partial charge in [0.2, 0.25) is 0 Å². The molecule has 0 aliphatic heterocycles.